The van der Waals surface area contributed by atoms with Crippen LogP contribution >= 0.6 is 45.8 Å². The number of benzene rings is 2. The predicted octanol–water partition coefficient (Wildman–Crippen LogP) is 8.09. The number of alkyl halides is 4. The molecule has 1 fully saturated rings. The second-order valence-corrected chi connectivity index (χ2v) is 12.9. The van der Waals surface area contributed by atoms with Crippen molar-refractivity contribution in [1.82, 2.24) is 0 Å². The maximum atomic E-state index is 15.5. The van der Waals surface area contributed by atoms with E-state index < -0.39 is 44.7 Å². The van der Waals surface area contributed by atoms with Crippen molar-refractivity contribution in [3.63, 3.8) is 0 Å². The summed E-state index contributed by atoms with van der Waals surface area (Å²) >= 11 is 14.0. The van der Waals surface area contributed by atoms with Gasteiger partial charge < -0.3 is 10.1 Å². The maximum Gasteiger partial charge on any atom is 0.392 e. The normalized spacial score (nSPS) is 16.7. The summed E-state index contributed by atoms with van der Waals surface area (Å²) in [5.74, 6) is -6.14. The molecule has 196 valence electrons. The molecule has 1 aliphatic carbocycles. The van der Waals surface area contributed by atoms with Crippen molar-refractivity contribution >= 4 is 63.4 Å². The van der Waals surface area contributed by atoms with Crippen LogP contribution in [0.3, 0.4) is 0 Å². The van der Waals surface area contributed by atoms with Gasteiger partial charge in [0.15, 0.2) is 9.43 Å². The molecule has 1 amide bonds. The lowest BCUT2D eigenvalue weighted by molar-refractivity contribution is -0.178. The zero-order chi connectivity index (χ0) is 27.1. The van der Waals surface area contributed by atoms with E-state index in [-0.39, 0.29) is 28.3 Å². The molecule has 1 N–H and O–H groups in total. The average molecular weight is 660 g/mol. The number of anilines is 1. The molecular formula is C25H24Cl2F4INO3. The van der Waals surface area contributed by atoms with Gasteiger partial charge in [0.25, 0.3) is 0 Å². The van der Waals surface area contributed by atoms with Crippen LogP contribution in [0.1, 0.15) is 50.7 Å². The fraction of sp³-hybridized carbons (Fsp3) is 0.440. The third-order valence-electron chi connectivity index (χ3n) is 6.11. The summed E-state index contributed by atoms with van der Waals surface area (Å²) in [6.07, 6.45) is -3.79. The Balaban J connectivity index is 1.90. The molecule has 4 nitrogen and oxygen atoms in total. The van der Waals surface area contributed by atoms with E-state index in [9.17, 15) is 22.8 Å². The number of rotatable bonds is 8. The zero-order valence-electron chi connectivity index (χ0n) is 19.6. The number of ether oxygens (including phenoxy) is 1. The minimum Gasteiger partial charge on any atom is -0.449 e. The van der Waals surface area contributed by atoms with Crippen LogP contribution in [0, 0.1) is 17.2 Å². The molecule has 0 aliphatic heterocycles. The highest BCUT2D eigenvalue weighted by Gasteiger charge is 2.53. The van der Waals surface area contributed by atoms with Gasteiger partial charge in [-0.05, 0) is 85.5 Å². The highest BCUT2D eigenvalue weighted by Crippen LogP contribution is 2.52. The number of nitrogens with one attached hydrogen (secondary N) is 1. The Bertz CT molecular complexity index is 1150. The number of carbonyl (C=O) groups excluding carboxylic acids is 2. The van der Waals surface area contributed by atoms with E-state index >= 15 is 4.39 Å². The van der Waals surface area contributed by atoms with E-state index in [0.29, 0.717) is 17.9 Å². The number of hydrogen-bond acceptors (Lipinski definition) is 3. The van der Waals surface area contributed by atoms with Crippen LogP contribution in [-0.2, 0) is 20.7 Å². The summed E-state index contributed by atoms with van der Waals surface area (Å²) in [5, 5.41) is 2.63. The highest BCUT2D eigenvalue weighted by atomic mass is 127. The van der Waals surface area contributed by atoms with E-state index in [1.54, 1.807) is 13.8 Å². The summed E-state index contributed by atoms with van der Waals surface area (Å²) in [5.41, 5.74) is -1.20. The first-order valence-electron chi connectivity index (χ1n) is 11.1. The van der Waals surface area contributed by atoms with Crippen molar-refractivity contribution in [2.24, 2.45) is 11.3 Å². The van der Waals surface area contributed by atoms with Gasteiger partial charge in [-0.15, -0.1) is 0 Å². The van der Waals surface area contributed by atoms with Crippen LogP contribution in [-0.4, -0.2) is 21.7 Å². The van der Waals surface area contributed by atoms with E-state index in [2.05, 4.69) is 5.32 Å². The van der Waals surface area contributed by atoms with E-state index in [1.165, 1.54) is 36.4 Å². The van der Waals surface area contributed by atoms with Gasteiger partial charge in [-0.25, -0.2) is 4.39 Å². The van der Waals surface area contributed by atoms with Crippen LogP contribution in [0.2, 0.25) is 10.0 Å². The third-order valence-corrected chi connectivity index (χ3v) is 6.94. The van der Waals surface area contributed by atoms with Crippen LogP contribution < -0.4 is 5.32 Å². The SMILES string of the molecule is C[C@H]([C@H](C(=O)Nc1ccc(Cl)c(CC2(C(=O)OC(C)(C)I)CC2)c1F)c1ccc(Cl)cc1)C(F)(F)F. The van der Waals surface area contributed by atoms with Gasteiger partial charge in [0.05, 0.1) is 22.9 Å². The molecule has 0 saturated heterocycles. The molecule has 0 heterocycles. The van der Waals surface area contributed by atoms with Crippen molar-refractivity contribution in [2.75, 3.05) is 5.32 Å². The predicted molar refractivity (Wildman–Crippen MR) is 139 cm³/mol. The standard InChI is InChI=1S/C25H24Cl2F4INO3/c1-13(25(29,30)31)19(14-4-6-15(26)7-5-14)21(34)33-18-9-8-17(27)16(20(18)28)12-24(10-11-24)22(35)36-23(2,3)32/h4-9,13,19H,10-12H2,1-3H3,(H,33,34)/t13-,19+/m1/s1. The largest absolute Gasteiger partial charge is 0.449 e. The molecule has 0 aromatic heterocycles. The molecule has 2 atom stereocenters. The molecule has 36 heavy (non-hydrogen) atoms. The van der Waals surface area contributed by atoms with Gasteiger partial charge >= 0.3 is 12.1 Å². The quantitative estimate of drug-likeness (QED) is 0.135. The van der Waals surface area contributed by atoms with Gasteiger partial charge in [0.2, 0.25) is 5.91 Å². The first-order valence-corrected chi connectivity index (χ1v) is 12.9. The summed E-state index contributed by atoms with van der Waals surface area (Å²) < 4.78 is 61.0. The van der Waals surface area contributed by atoms with Crippen molar-refractivity contribution < 1.29 is 31.9 Å². The van der Waals surface area contributed by atoms with Gasteiger partial charge in [-0.3, -0.25) is 9.59 Å². The smallest absolute Gasteiger partial charge is 0.392 e. The Labute approximate surface area is 230 Å². The Kier molecular flexibility index (Phi) is 8.57. The summed E-state index contributed by atoms with van der Waals surface area (Å²) in [6, 6.07) is 7.94. The summed E-state index contributed by atoms with van der Waals surface area (Å²) in [6.45, 7) is 4.31. The van der Waals surface area contributed by atoms with Crippen LogP contribution in [0.4, 0.5) is 23.2 Å². The maximum absolute atomic E-state index is 15.5. The molecule has 3 rings (SSSR count). The molecule has 1 saturated carbocycles. The number of halogens is 7. The van der Waals surface area contributed by atoms with Gasteiger partial charge in [-0.1, -0.05) is 42.3 Å². The van der Waals surface area contributed by atoms with Crippen molar-refractivity contribution in [1.29, 1.82) is 0 Å². The lowest BCUT2D eigenvalue weighted by Gasteiger charge is -2.26. The lowest BCUT2D eigenvalue weighted by Crippen LogP contribution is -2.34. The zero-order valence-corrected chi connectivity index (χ0v) is 23.3. The lowest BCUT2D eigenvalue weighted by atomic mass is 9.85. The molecular weight excluding hydrogens is 636 g/mol. The van der Waals surface area contributed by atoms with Gasteiger partial charge in [0, 0.05) is 15.6 Å². The Hall–Kier alpha value is -1.59. The fourth-order valence-corrected chi connectivity index (χ4v) is 4.40. The first kappa shape index (κ1) is 29.0. The first-order chi connectivity index (χ1) is 16.5. The van der Waals surface area contributed by atoms with E-state index in [1.807, 2.05) is 22.6 Å². The van der Waals surface area contributed by atoms with Crippen LogP contribution in [0.25, 0.3) is 0 Å². The fourth-order valence-electron chi connectivity index (χ4n) is 3.86. The number of hydrogen-bond donors (Lipinski definition) is 1. The van der Waals surface area contributed by atoms with Crippen molar-refractivity contribution in [2.45, 2.75) is 55.7 Å². The van der Waals surface area contributed by atoms with Crippen molar-refractivity contribution in [3.8, 4) is 0 Å². The van der Waals surface area contributed by atoms with Crippen LogP contribution in [0.5, 0.6) is 0 Å². The molecule has 0 unspecified atom stereocenters. The van der Waals surface area contributed by atoms with Gasteiger partial charge in [-0.2, -0.15) is 13.2 Å². The van der Waals surface area contributed by atoms with E-state index in [4.69, 9.17) is 27.9 Å². The number of amides is 1. The number of esters is 1. The molecule has 0 radical (unpaired) electrons. The molecule has 11 heteroatoms. The second-order valence-electron chi connectivity index (χ2n) is 9.45. The Morgan fingerprint density at radius 2 is 1.69 bits per heavy atom. The minimum atomic E-state index is -4.68. The summed E-state index contributed by atoms with van der Waals surface area (Å²) in [7, 11) is 0. The molecule has 0 bridgehead atoms. The molecule has 2 aromatic carbocycles. The second kappa shape index (κ2) is 10.6. The average Bonchev–Trinajstić information content (AvgIpc) is 3.54. The third kappa shape index (κ3) is 6.83. The Morgan fingerprint density at radius 3 is 2.19 bits per heavy atom. The topological polar surface area (TPSA) is 55.4 Å². The van der Waals surface area contributed by atoms with Crippen LogP contribution in [0.15, 0.2) is 36.4 Å². The van der Waals surface area contributed by atoms with Gasteiger partial charge in [0.1, 0.15) is 0 Å². The van der Waals surface area contributed by atoms with Crippen molar-refractivity contribution in [3.05, 3.63) is 63.4 Å². The highest BCUT2D eigenvalue weighted by molar-refractivity contribution is 14.1. The monoisotopic (exact) mass is 659 g/mol. The molecule has 2 aromatic rings. The summed E-state index contributed by atoms with van der Waals surface area (Å²) in [4.78, 5) is 25.8. The minimum absolute atomic E-state index is 0.0120. The van der Waals surface area contributed by atoms with E-state index in [0.717, 1.165) is 6.92 Å². The number of carbonyl (C=O) groups is 2. The molecule has 0 spiro atoms. The Morgan fingerprint density at radius 1 is 1.11 bits per heavy atom. The molecule has 1 aliphatic rings.